The molecule has 0 rings (SSSR count). The van der Waals surface area contributed by atoms with Crippen molar-refractivity contribution >= 4 is 62.7 Å². The first-order valence-corrected chi connectivity index (χ1v) is 11.3. The van der Waals surface area contributed by atoms with Crippen LogP contribution in [0.4, 0.5) is 0 Å². The molecular weight excluding hydrogens is 480 g/mol. The zero-order chi connectivity index (χ0) is 19.4. The summed E-state index contributed by atoms with van der Waals surface area (Å²) in [7, 11) is -4.64. The van der Waals surface area contributed by atoms with Crippen molar-refractivity contribution in [3.63, 3.8) is 0 Å². The van der Waals surface area contributed by atoms with Gasteiger partial charge < -0.3 is 19.8 Å². The third kappa shape index (κ3) is 44.5. The van der Waals surface area contributed by atoms with Gasteiger partial charge >= 0.3 is 62.7 Å². The van der Waals surface area contributed by atoms with Crippen molar-refractivity contribution in [3.8, 4) is 0 Å². The van der Waals surface area contributed by atoms with E-state index in [1.54, 1.807) is 0 Å². The van der Waals surface area contributed by atoms with Gasteiger partial charge in [-0.05, 0) is 6.42 Å². The molecule has 0 aromatic carbocycles. The molecule has 0 amide bonds. The molecule has 0 unspecified atom stereocenters. The molecule has 8 heteroatoms. The van der Waals surface area contributed by atoms with Crippen LogP contribution in [0.2, 0.25) is 0 Å². The summed E-state index contributed by atoms with van der Waals surface area (Å²) in [6.07, 6.45) is 20.2. The molecule has 0 aromatic heterocycles. The normalized spacial score (nSPS) is 10.6. The average molecular weight is 522 g/mol. The van der Waals surface area contributed by atoms with E-state index in [4.69, 9.17) is 24.4 Å². The maximum atomic E-state index is 10.3. The third-order valence-corrected chi connectivity index (χ3v) is 3.99. The van der Waals surface area contributed by atoms with E-state index in [-0.39, 0.29) is 48.9 Å². The second kappa shape index (κ2) is 24.2. The van der Waals surface area contributed by atoms with Crippen LogP contribution in [-0.2, 0) is 9.36 Å². The molecular formula is C18H41BaO6P. The fourth-order valence-corrected chi connectivity index (χ4v) is 2.65. The topological polar surface area (TPSA) is 115 Å². The molecule has 0 spiro atoms. The molecule has 0 aromatic rings. The first-order valence-electron chi connectivity index (χ1n) is 9.77. The Kier molecular flexibility index (Phi) is 29.6. The van der Waals surface area contributed by atoms with Crippen LogP contribution in [0.25, 0.3) is 0 Å². The minimum absolute atomic E-state index is 0. The van der Waals surface area contributed by atoms with Gasteiger partial charge in [0.1, 0.15) is 0 Å². The van der Waals surface area contributed by atoms with E-state index >= 15 is 0 Å². The van der Waals surface area contributed by atoms with Crippen molar-refractivity contribution in [1.29, 1.82) is 0 Å². The second-order valence-corrected chi connectivity index (χ2v) is 7.63. The summed E-state index contributed by atoms with van der Waals surface area (Å²) in [5.74, 6) is -0.653. The van der Waals surface area contributed by atoms with Gasteiger partial charge in [0.15, 0.2) is 0 Å². The molecule has 6 nitrogen and oxygen atoms in total. The molecule has 26 heavy (non-hydrogen) atoms. The van der Waals surface area contributed by atoms with Crippen LogP contribution >= 0.6 is 7.82 Å². The number of carboxylic acid groups (broad SMARTS) is 1. The minimum atomic E-state index is -4.64. The van der Waals surface area contributed by atoms with Gasteiger partial charge in [-0.15, -0.1) is 0 Å². The van der Waals surface area contributed by atoms with Crippen LogP contribution < -0.4 is 0 Å². The SMILES string of the molecule is CCCCCCCCCCCCCCCCCC(=O)O.O=P(O)(O)O.[BaH2]. The monoisotopic (exact) mass is 522 g/mol. The Morgan fingerprint density at radius 3 is 1.12 bits per heavy atom. The number of carboxylic acids is 1. The Hall–Kier alpha value is 1.15. The average Bonchev–Trinajstić information content (AvgIpc) is 2.49. The number of unbranched alkanes of at least 4 members (excludes halogenated alkanes) is 14. The molecule has 0 radical (unpaired) electrons. The standard InChI is InChI=1S/C18H36O2.Ba.H3O4P.2H/c1-2-3-4-5-6-7-8-9-10-11-12-13-14-15-16-17-18(19)20;;1-5(2,3)4;;/h2-17H2,1H3,(H,19,20);;(H3,1,2,3,4);;. The third-order valence-electron chi connectivity index (χ3n) is 3.99. The number of carbonyl (C=O) groups is 1. The first-order chi connectivity index (χ1) is 11.8. The summed E-state index contributed by atoms with van der Waals surface area (Å²) in [4.78, 5) is 31.9. The number of hydrogen-bond acceptors (Lipinski definition) is 2. The van der Waals surface area contributed by atoms with Crippen molar-refractivity contribution in [3.05, 3.63) is 0 Å². The van der Waals surface area contributed by atoms with E-state index < -0.39 is 13.8 Å². The zero-order valence-electron chi connectivity index (χ0n) is 15.9. The van der Waals surface area contributed by atoms with Crippen molar-refractivity contribution in [2.24, 2.45) is 0 Å². The summed E-state index contributed by atoms with van der Waals surface area (Å²) in [5.41, 5.74) is 0. The second-order valence-electron chi connectivity index (χ2n) is 6.61. The fraction of sp³-hybridized carbons (Fsp3) is 0.944. The molecule has 156 valence electrons. The van der Waals surface area contributed by atoms with E-state index in [1.165, 1.54) is 83.5 Å². The molecule has 0 atom stereocenters. The molecule has 0 aliphatic carbocycles. The van der Waals surface area contributed by atoms with Gasteiger partial charge in [0.25, 0.3) is 0 Å². The van der Waals surface area contributed by atoms with Crippen LogP contribution in [0, 0.1) is 0 Å². The summed E-state index contributed by atoms with van der Waals surface area (Å²) < 4.78 is 8.88. The molecule has 0 saturated heterocycles. The Morgan fingerprint density at radius 2 is 0.885 bits per heavy atom. The van der Waals surface area contributed by atoms with Crippen molar-refractivity contribution < 1.29 is 29.1 Å². The van der Waals surface area contributed by atoms with E-state index in [2.05, 4.69) is 6.92 Å². The molecule has 0 aliphatic heterocycles. The molecule has 0 fully saturated rings. The first kappa shape index (κ1) is 31.8. The van der Waals surface area contributed by atoms with Crippen LogP contribution in [0.15, 0.2) is 0 Å². The van der Waals surface area contributed by atoms with Gasteiger partial charge in [0.2, 0.25) is 0 Å². The number of aliphatic carboxylic acids is 1. The van der Waals surface area contributed by atoms with Crippen molar-refractivity contribution in [1.82, 2.24) is 0 Å². The van der Waals surface area contributed by atoms with Crippen LogP contribution in [0.5, 0.6) is 0 Å². The molecule has 0 aliphatic rings. The van der Waals surface area contributed by atoms with E-state index in [0.29, 0.717) is 6.42 Å². The quantitative estimate of drug-likeness (QED) is 0.135. The van der Waals surface area contributed by atoms with Crippen LogP contribution in [0.3, 0.4) is 0 Å². The van der Waals surface area contributed by atoms with E-state index in [9.17, 15) is 4.79 Å². The van der Waals surface area contributed by atoms with Gasteiger partial charge in [-0.1, -0.05) is 96.8 Å². The number of phosphoric acid groups is 1. The predicted octanol–water partition coefficient (Wildman–Crippen LogP) is 4.49. The summed E-state index contributed by atoms with van der Waals surface area (Å²) >= 11 is 0. The molecule has 0 bridgehead atoms. The van der Waals surface area contributed by atoms with Crippen molar-refractivity contribution in [2.75, 3.05) is 0 Å². The van der Waals surface area contributed by atoms with Gasteiger partial charge in [0.05, 0.1) is 0 Å². The van der Waals surface area contributed by atoms with E-state index in [0.717, 1.165) is 12.8 Å². The Balaban J connectivity index is -0.000000772. The molecule has 4 N–H and O–H groups in total. The zero-order valence-corrected chi connectivity index (χ0v) is 16.8. The summed E-state index contributed by atoms with van der Waals surface area (Å²) in [6.45, 7) is 2.27. The summed E-state index contributed by atoms with van der Waals surface area (Å²) in [6, 6.07) is 0. The van der Waals surface area contributed by atoms with Gasteiger partial charge in [-0.3, -0.25) is 4.79 Å². The van der Waals surface area contributed by atoms with Gasteiger partial charge in [0, 0.05) is 6.42 Å². The predicted molar refractivity (Wildman–Crippen MR) is 110 cm³/mol. The van der Waals surface area contributed by atoms with Gasteiger partial charge in [-0.2, -0.15) is 0 Å². The number of hydrogen-bond donors (Lipinski definition) is 4. The summed E-state index contributed by atoms with van der Waals surface area (Å²) in [5, 5.41) is 8.52. The fourth-order valence-electron chi connectivity index (χ4n) is 2.65. The van der Waals surface area contributed by atoms with Crippen LogP contribution in [0.1, 0.15) is 110 Å². The van der Waals surface area contributed by atoms with Crippen LogP contribution in [-0.4, -0.2) is 74.6 Å². The molecule has 0 heterocycles. The van der Waals surface area contributed by atoms with E-state index in [1.807, 2.05) is 0 Å². The maximum absolute atomic E-state index is 10.3. The Bertz CT molecular complexity index is 327. The van der Waals surface area contributed by atoms with Crippen molar-refractivity contribution in [2.45, 2.75) is 110 Å². The molecule has 0 saturated carbocycles. The Morgan fingerprint density at radius 1 is 0.654 bits per heavy atom. The Labute approximate surface area is 199 Å². The van der Waals surface area contributed by atoms with Gasteiger partial charge in [-0.25, -0.2) is 4.57 Å². The number of rotatable bonds is 16.